The zero-order valence-corrected chi connectivity index (χ0v) is 9.93. The van der Waals surface area contributed by atoms with Crippen LogP contribution in [0.25, 0.3) is 4.85 Å². The quantitative estimate of drug-likeness (QED) is 0.571. The second-order valence-electron chi connectivity index (χ2n) is 3.80. The molecule has 0 aliphatic rings. The van der Waals surface area contributed by atoms with Crippen molar-refractivity contribution >= 4 is 5.69 Å². The molecule has 0 unspecified atom stereocenters. The monoisotopic (exact) mass is 232 g/mol. The number of aromatic nitrogens is 1. The van der Waals surface area contributed by atoms with Crippen molar-refractivity contribution in [1.29, 1.82) is 0 Å². The van der Waals surface area contributed by atoms with Gasteiger partial charge in [-0.25, -0.2) is 9.83 Å². The SMILES string of the molecule is [C-]#[N+]c1ccc(CCC#Cc2ccccn2)cc1. The van der Waals surface area contributed by atoms with Crippen LogP contribution in [0.1, 0.15) is 17.7 Å². The Balaban J connectivity index is 1.89. The first-order valence-corrected chi connectivity index (χ1v) is 5.75. The molecule has 0 atom stereocenters. The molecule has 1 aromatic heterocycles. The van der Waals surface area contributed by atoms with Crippen LogP contribution in [0.2, 0.25) is 0 Å². The predicted molar refractivity (Wildman–Crippen MR) is 72.1 cm³/mol. The molecule has 2 heteroatoms. The molecule has 0 radical (unpaired) electrons. The van der Waals surface area contributed by atoms with E-state index in [0.717, 1.165) is 18.5 Å². The first kappa shape index (κ1) is 11.9. The Labute approximate surface area is 107 Å². The van der Waals surface area contributed by atoms with Gasteiger partial charge in [0.2, 0.25) is 0 Å². The molecule has 2 aromatic rings. The normalized spacial score (nSPS) is 9.06. The Morgan fingerprint density at radius 1 is 1.11 bits per heavy atom. The van der Waals surface area contributed by atoms with Gasteiger partial charge in [0.05, 0.1) is 6.57 Å². The second-order valence-corrected chi connectivity index (χ2v) is 3.80. The molecule has 0 N–H and O–H groups in total. The Kier molecular flexibility index (Phi) is 4.11. The van der Waals surface area contributed by atoms with Crippen LogP contribution in [0, 0.1) is 18.4 Å². The topological polar surface area (TPSA) is 17.2 Å². The zero-order valence-electron chi connectivity index (χ0n) is 9.93. The molecule has 1 aromatic carbocycles. The van der Waals surface area contributed by atoms with Gasteiger partial charge in [0.25, 0.3) is 0 Å². The zero-order chi connectivity index (χ0) is 12.6. The van der Waals surface area contributed by atoms with Crippen LogP contribution >= 0.6 is 0 Å². The minimum absolute atomic E-state index is 0.679. The van der Waals surface area contributed by atoms with Crippen LogP contribution in [0.3, 0.4) is 0 Å². The number of rotatable bonds is 2. The van der Waals surface area contributed by atoms with E-state index in [-0.39, 0.29) is 0 Å². The average Bonchev–Trinajstić information content (AvgIpc) is 2.45. The summed E-state index contributed by atoms with van der Waals surface area (Å²) >= 11 is 0. The summed E-state index contributed by atoms with van der Waals surface area (Å²) in [5.74, 6) is 6.13. The molecule has 0 fully saturated rings. The van der Waals surface area contributed by atoms with E-state index < -0.39 is 0 Å². The van der Waals surface area contributed by atoms with Gasteiger partial charge < -0.3 is 0 Å². The van der Waals surface area contributed by atoms with Gasteiger partial charge in [-0.3, -0.25) is 0 Å². The highest BCUT2D eigenvalue weighted by molar-refractivity contribution is 5.45. The van der Waals surface area contributed by atoms with E-state index >= 15 is 0 Å². The number of pyridine rings is 1. The molecule has 86 valence electrons. The van der Waals surface area contributed by atoms with Gasteiger partial charge in [0, 0.05) is 12.6 Å². The van der Waals surface area contributed by atoms with Crippen LogP contribution in [-0.2, 0) is 6.42 Å². The Morgan fingerprint density at radius 3 is 2.61 bits per heavy atom. The Morgan fingerprint density at radius 2 is 1.94 bits per heavy atom. The molecular weight excluding hydrogens is 220 g/mol. The first-order valence-electron chi connectivity index (χ1n) is 5.75. The molecule has 18 heavy (non-hydrogen) atoms. The van der Waals surface area contributed by atoms with Crippen LogP contribution in [0.15, 0.2) is 48.7 Å². The average molecular weight is 232 g/mol. The number of aryl methyl sites for hydroxylation is 1. The van der Waals surface area contributed by atoms with Crippen LogP contribution in [-0.4, -0.2) is 4.98 Å². The molecule has 2 nitrogen and oxygen atoms in total. The van der Waals surface area contributed by atoms with Gasteiger partial charge in [-0.15, -0.1) is 0 Å². The van der Waals surface area contributed by atoms with Crippen molar-refractivity contribution < 1.29 is 0 Å². The molecular formula is C16H12N2. The van der Waals surface area contributed by atoms with Crippen LogP contribution in [0.4, 0.5) is 5.69 Å². The fourth-order valence-corrected chi connectivity index (χ4v) is 1.53. The lowest BCUT2D eigenvalue weighted by atomic mass is 10.1. The summed E-state index contributed by atoms with van der Waals surface area (Å²) in [5, 5.41) is 0. The van der Waals surface area contributed by atoms with E-state index in [1.807, 2.05) is 42.5 Å². The first-order chi connectivity index (χ1) is 8.88. The van der Waals surface area contributed by atoms with Gasteiger partial charge in [-0.2, -0.15) is 0 Å². The highest BCUT2D eigenvalue weighted by Gasteiger charge is 1.92. The second kappa shape index (κ2) is 6.23. The Hall–Kier alpha value is -2.58. The van der Waals surface area contributed by atoms with E-state index in [4.69, 9.17) is 6.57 Å². The minimum atomic E-state index is 0.679. The smallest absolute Gasteiger partial charge is 0.187 e. The molecule has 1 heterocycles. The fraction of sp³-hybridized carbons (Fsp3) is 0.125. The summed E-state index contributed by atoms with van der Waals surface area (Å²) in [7, 11) is 0. The lowest BCUT2D eigenvalue weighted by Gasteiger charge is -1.96. The standard InChI is InChI=1S/C16H12N2/c1-17-15-11-9-14(10-12-15)6-2-3-7-16-8-4-5-13-18-16/h4-5,8-13H,2,6H2. The molecule has 0 saturated heterocycles. The van der Waals surface area contributed by atoms with Gasteiger partial charge in [-0.05, 0) is 30.0 Å². The van der Waals surface area contributed by atoms with Crippen molar-refractivity contribution in [3.05, 3.63) is 71.3 Å². The van der Waals surface area contributed by atoms with Crippen molar-refractivity contribution in [3.63, 3.8) is 0 Å². The summed E-state index contributed by atoms with van der Waals surface area (Å²) in [5.41, 5.74) is 2.69. The molecule has 0 bridgehead atoms. The molecule has 0 amide bonds. The number of benzene rings is 1. The maximum atomic E-state index is 6.87. The van der Waals surface area contributed by atoms with E-state index in [1.165, 1.54) is 5.56 Å². The van der Waals surface area contributed by atoms with Gasteiger partial charge in [0.15, 0.2) is 5.69 Å². The molecule has 2 rings (SSSR count). The van der Waals surface area contributed by atoms with Crippen molar-refractivity contribution in [2.45, 2.75) is 12.8 Å². The maximum Gasteiger partial charge on any atom is 0.187 e. The summed E-state index contributed by atoms with van der Waals surface area (Å²) in [6.07, 6.45) is 3.44. The van der Waals surface area contributed by atoms with E-state index in [1.54, 1.807) is 6.20 Å². The van der Waals surface area contributed by atoms with E-state index in [9.17, 15) is 0 Å². The van der Waals surface area contributed by atoms with Gasteiger partial charge in [-0.1, -0.05) is 36.3 Å². The largest absolute Gasteiger partial charge is 0.248 e. The Bertz CT molecular complexity index is 596. The summed E-state index contributed by atoms with van der Waals surface area (Å²) in [4.78, 5) is 7.50. The van der Waals surface area contributed by atoms with Crippen LogP contribution < -0.4 is 0 Å². The van der Waals surface area contributed by atoms with E-state index in [0.29, 0.717) is 5.69 Å². The molecule has 0 spiro atoms. The summed E-state index contributed by atoms with van der Waals surface area (Å²) < 4.78 is 0. The number of hydrogen-bond donors (Lipinski definition) is 0. The lowest BCUT2D eigenvalue weighted by Crippen LogP contribution is -1.83. The lowest BCUT2D eigenvalue weighted by molar-refractivity contribution is 1.03. The summed E-state index contributed by atoms with van der Waals surface area (Å²) in [6.45, 7) is 6.87. The fourth-order valence-electron chi connectivity index (χ4n) is 1.53. The molecule has 0 aliphatic heterocycles. The number of nitrogens with zero attached hydrogens (tertiary/aromatic N) is 2. The highest BCUT2D eigenvalue weighted by Crippen LogP contribution is 2.13. The predicted octanol–water partition coefficient (Wildman–Crippen LogP) is 3.62. The third kappa shape index (κ3) is 3.47. The third-order valence-electron chi connectivity index (χ3n) is 2.49. The van der Waals surface area contributed by atoms with Crippen molar-refractivity contribution in [3.8, 4) is 11.8 Å². The maximum absolute atomic E-state index is 6.87. The van der Waals surface area contributed by atoms with Crippen LogP contribution in [0.5, 0.6) is 0 Å². The van der Waals surface area contributed by atoms with Crippen molar-refractivity contribution in [2.75, 3.05) is 0 Å². The summed E-state index contributed by atoms with van der Waals surface area (Å²) in [6, 6.07) is 13.4. The van der Waals surface area contributed by atoms with Gasteiger partial charge >= 0.3 is 0 Å². The highest BCUT2D eigenvalue weighted by atomic mass is 14.6. The minimum Gasteiger partial charge on any atom is -0.248 e. The van der Waals surface area contributed by atoms with Gasteiger partial charge in [0.1, 0.15) is 5.69 Å². The number of hydrogen-bond acceptors (Lipinski definition) is 1. The molecule has 0 aliphatic carbocycles. The van der Waals surface area contributed by atoms with E-state index in [2.05, 4.69) is 21.7 Å². The molecule has 0 saturated carbocycles. The van der Waals surface area contributed by atoms with Crippen molar-refractivity contribution in [2.24, 2.45) is 0 Å². The third-order valence-corrected chi connectivity index (χ3v) is 2.49. The van der Waals surface area contributed by atoms with Crippen molar-refractivity contribution in [1.82, 2.24) is 4.98 Å².